The van der Waals surface area contributed by atoms with Crippen LogP contribution in [0.25, 0.3) is 10.2 Å². The Balaban J connectivity index is 2.19. The zero-order valence-corrected chi connectivity index (χ0v) is 12.4. The highest BCUT2D eigenvalue weighted by Gasteiger charge is 2.23. The van der Waals surface area contributed by atoms with E-state index in [4.69, 9.17) is 0 Å². The Hall–Kier alpha value is -1.94. The zero-order chi connectivity index (χ0) is 16.0. The molecule has 0 N–H and O–H groups in total. The number of hydrogen-bond donors (Lipinski definition) is 0. The molecule has 0 unspecified atom stereocenters. The van der Waals surface area contributed by atoms with Crippen LogP contribution in [0.2, 0.25) is 0 Å². The van der Waals surface area contributed by atoms with Gasteiger partial charge < -0.3 is 0 Å². The molecule has 0 radical (unpaired) electrons. The summed E-state index contributed by atoms with van der Waals surface area (Å²) >= 11 is 1.48. The average molecular weight is 347 g/mol. The molecule has 22 heavy (non-hydrogen) atoms. The second-order valence-electron chi connectivity index (χ2n) is 4.15. The molecule has 0 spiro atoms. The summed E-state index contributed by atoms with van der Waals surface area (Å²) in [4.78, 5) is 18.0. The van der Waals surface area contributed by atoms with E-state index in [0.29, 0.717) is 22.0 Å². The third-order valence-electron chi connectivity index (χ3n) is 2.81. The second-order valence-corrected chi connectivity index (χ2v) is 6.02. The Bertz CT molecular complexity index is 927. The first-order chi connectivity index (χ1) is 10.4. The molecule has 3 rings (SSSR count). The number of fused-ring (bicyclic) bond motifs is 1. The molecule has 0 aliphatic carbocycles. The van der Waals surface area contributed by atoms with Crippen molar-refractivity contribution in [2.75, 3.05) is 0 Å². The first kappa shape index (κ1) is 15.0. The summed E-state index contributed by atoms with van der Waals surface area (Å²) in [5.41, 5.74) is -0.426. The van der Waals surface area contributed by atoms with Gasteiger partial charge in [0.2, 0.25) is 0 Å². The maximum Gasteiger partial charge on any atom is 0.262 e. The van der Waals surface area contributed by atoms with Crippen molar-refractivity contribution < 1.29 is 17.6 Å². The van der Waals surface area contributed by atoms with Crippen molar-refractivity contribution in [3.63, 3.8) is 0 Å². The van der Waals surface area contributed by atoms with Crippen molar-refractivity contribution in [2.45, 2.75) is 10.1 Å². The van der Waals surface area contributed by atoms with Gasteiger partial charge in [-0.05, 0) is 23.2 Å². The maximum atomic E-state index is 13.6. The molecule has 0 fully saturated rings. The molecule has 0 atom stereocenters. The van der Waals surface area contributed by atoms with E-state index in [-0.39, 0.29) is 5.16 Å². The Kier molecular flexibility index (Phi) is 3.65. The highest BCUT2D eigenvalue weighted by molar-refractivity contribution is 7.99. The fraction of sp³-hybridized carbons (Fsp3) is 0.0833. The minimum atomic E-state index is -1.76. The molecule has 0 saturated carbocycles. The number of rotatable bonds is 2. The Labute approximate surface area is 128 Å². The van der Waals surface area contributed by atoms with Crippen molar-refractivity contribution in [2.24, 2.45) is 7.05 Å². The van der Waals surface area contributed by atoms with Gasteiger partial charge in [0.25, 0.3) is 17.5 Å². The van der Waals surface area contributed by atoms with Crippen LogP contribution in [-0.4, -0.2) is 14.5 Å². The van der Waals surface area contributed by atoms with E-state index >= 15 is 0 Å². The Morgan fingerprint density at radius 3 is 2.41 bits per heavy atom. The summed E-state index contributed by atoms with van der Waals surface area (Å²) in [5, 5.41) is 1.90. The highest BCUT2D eigenvalue weighted by atomic mass is 32.2. The molecule has 114 valence electrons. The van der Waals surface area contributed by atoms with Crippen LogP contribution in [-0.2, 0) is 7.05 Å². The third kappa shape index (κ3) is 2.28. The summed E-state index contributed by atoms with van der Waals surface area (Å²) < 4.78 is 54.5. The quantitative estimate of drug-likeness (QED) is 0.406. The van der Waals surface area contributed by atoms with E-state index < -0.39 is 34.0 Å². The number of halogens is 4. The minimum Gasteiger partial charge on any atom is -0.290 e. The first-order valence-corrected chi connectivity index (χ1v) is 7.42. The van der Waals surface area contributed by atoms with Crippen LogP contribution < -0.4 is 5.56 Å². The average Bonchev–Trinajstić information content (AvgIpc) is 2.95. The number of pyridine rings is 1. The molecule has 4 nitrogen and oxygen atoms in total. The molecule has 10 heteroatoms. The Morgan fingerprint density at radius 2 is 1.77 bits per heavy atom. The van der Waals surface area contributed by atoms with Crippen molar-refractivity contribution in [1.29, 1.82) is 0 Å². The van der Waals surface area contributed by atoms with Crippen LogP contribution in [0, 0.1) is 23.5 Å². The summed E-state index contributed by atoms with van der Waals surface area (Å²) in [6, 6.07) is 1.57. The molecule has 3 aromatic rings. The summed E-state index contributed by atoms with van der Waals surface area (Å²) in [6.07, 6.45) is 0. The monoisotopic (exact) mass is 347 g/mol. The second kappa shape index (κ2) is 5.36. The van der Waals surface area contributed by atoms with E-state index in [2.05, 4.69) is 9.97 Å². The van der Waals surface area contributed by atoms with Gasteiger partial charge in [-0.1, -0.05) is 0 Å². The van der Waals surface area contributed by atoms with Crippen molar-refractivity contribution in [1.82, 2.24) is 14.5 Å². The van der Waals surface area contributed by atoms with Gasteiger partial charge in [-0.15, -0.1) is 11.3 Å². The third-order valence-corrected chi connectivity index (χ3v) is 4.73. The van der Waals surface area contributed by atoms with Gasteiger partial charge in [0, 0.05) is 7.05 Å². The summed E-state index contributed by atoms with van der Waals surface area (Å²) in [7, 11) is 1.35. The van der Waals surface area contributed by atoms with Gasteiger partial charge in [0.05, 0.1) is 10.3 Å². The van der Waals surface area contributed by atoms with Gasteiger partial charge in [0.1, 0.15) is 4.83 Å². The fourth-order valence-corrected chi connectivity index (χ4v) is 3.42. The van der Waals surface area contributed by atoms with Gasteiger partial charge >= 0.3 is 0 Å². The van der Waals surface area contributed by atoms with E-state index in [1.54, 1.807) is 11.4 Å². The molecule has 0 amide bonds. The standard InChI is InChI=1S/C12H5F4N3OS2/c1-19-11(20)4-2-3-21-10(4)18-12(19)22-7-5(13)8(15)17-9(16)6(7)14/h2-3H,1H3. The van der Waals surface area contributed by atoms with Crippen molar-refractivity contribution >= 4 is 33.3 Å². The van der Waals surface area contributed by atoms with Gasteiger partial charge in [-0.2, -0.15) is 13.8 Å². The van der Waals surface area contributed by atoms with E-state index in [9.17, 15) is 22.4 Å². The van der Waals surface area contributed by atoms with Crippen LogP contribution in [0.1, 0.15) is 0 Å². The van der Waals surface area contributed by atoms with Crippen LogP contribution in [0.4, 0.5) is 17.6 Å². The van der Waals surface area contributed by atoms with E-state index in [1.807, 2.05) is 0 Å². The number of nitrogens with zero attached hydrogens (tertiary/aromatic N) is 3. The number of thiophene rings is 1. The van der Waals surface area contributed by atoms with Gasteiger partial charge in [0.15, 0.2) is 16.8 Å². The molecule has 0 aliphatic rings. The predicted molar refractivity (Wildman–Crippen MR) is 73.1 cm³/mol. The molecule has 3 heterocycles. The summed E-state index contributed by atoms with van der Waals surface area (Å²) in [5.74, 6) is -6.79. The predicted octanol–water partition coefficient (Wildman–Crippen LogP) is 3.10. The maximum absolute atomic E-state index is 13.6. The van der Waals surface area contributed by atoms with Crippen LogP contribution in [0.5, 0.6) is 0 Å². The molecular weight excluding hydrogens is 342 g/mol. The zero-order valence-electron chi connectivity index (χ0n) is 10.7. The minimum absolute atomic E-state index is 0.0947. The highest BCUT2D eigenvalue weighted by Crippen LogP contribution is 2.32. The lowest BCUT2D eigenvalue weighted by Crippen LogP contribution is -2.19. The van der Waals surface area contributed by atoms with Gasteiger partial charge in [-0.3, -0.25) is 9.36 Å². The summed E-state index contributed by atoms with van der Waals surface area (Å²) in [6.45, 7) is 0. The molecule has 3 aromatic heterocycles. The number of aromatic nitrogens is 3. The van der Waals surface area contributed by atoms with Crippen LogP contribution in [0.3, 0.4) is 0 Å². The molecule has 0 aliphatic heterocycles. The molecule has 0 bridgehead atoms. The van der Waals surface area contributed by atoms with Gasteiger partial charge in [-0.25, -0.2) is 13.8 Å². The lowest BCUT2D eigenvalue weighted by Gasteiger charge is -2.08. The normalized spacial score (nSPS) is 11.3. The Morgan fingerprint density at radius 1 is 1.14 bits per heavy atom. The first-order valence-electron chi connectivity index (χ1n) is 5.72. The smallest absolute Gasteiger partial charge is 0.262 e. The van der Waals surface area contributed by atoms with Crippen LogP contribution >= 0.6 is 23.1 Å². The van der Waals surface area contributed by atoms with E-state index in [1.165, 1.54) is 7.05 Å². The fourth-order valence-electron chi connectivity index (χ4n) is 1.72. The van der Waals surface area contributed by atoms with Crippen LogP contribution in [0.15, 0.2) is 26.3 Å². The lowest BCUT2D eigenvalue weighted by molar-refractivity contribution is 0.383. The topological polar surface area (TPSA) is 47.8 Å². The largest absolute Gasteiger partial charge is 0.290 e. The molecule has 0 saturated heterocycles. The SMILES string of the molecule is Cn1c(Sc2c(F)c(F)nc(F)c2F)nc2sccc2c1=O. The molecule has 0 aromatic carbocycles. The number of hydrogen-bond acceptors (Lipinski definition) is 5. The van der Waals surface area contributed by atoms with Crippen molar-refractivity contribution in [3.05, 3.63) is 45.3 Å². The lowest BCUT2D eigenvalue weighted by atomic mass is 10.4. The molecular formula is C12H5F4N3OS2. The van der Waals surface area contributed by atoms with Crippen molar-refractivity contribution in [3.8, 4) is 0 Å². The van der Waals surface area contributed by atoms with E-state index in [0.717, 1.165) is 15.9 Å².